The molecule has 1 aliphatic heterocycles. The van der Waals surface area contributed by atoms with E-state index >= 15 is 0 Å². The zero-order valence-electron chi connectivity index (χ0n) is 14.4. The summed E-state index contributed by atoms with van der Waals surface area (Å²) < 4.78 is 0. The maximum absolute atomic E-state index is 12.4. The minimum absolute atomic E-state index is 0.169. The molecule has 0 saturated heterocycles. The summed E-state index contributed by atoms with van der Waals surface area (Å²) in [5, 5.41) is 0. The van der Waals surface area contributed by atoms with Crippen molar-refractivity contribution in [2.45, 2.75) is 32.7 Å². The monoisotopic (exact) mass is 324 g/mol. The smallest absolute Gasteiger partial charge is 0.261 e. The fourth-order valence-electron chi connectivity index (χ4n) is 3.49. The Kier molecular flexibility index (Phi) is 4.95. The third-order valence-corrected chi connectivity index (χ3v) is 4.94. The minimum Gasteiger partial charge on any atom is -0.297 e. The van der Waals surface area contributed by atoms with Gasteiger partial charge in [-0.15, -0.1) is 0 Å². The van der Waals surface area contributed by atoms with Gasteiger partial charge in [-0.05, 0) is 38.1 Å². The number of carbonyl (C=O) groups excluding carboxylic acids is 2. The fourth-order valence-corrected chi connectivity index (χ4v) is 3.49. The maximum atomic E-state index is 12.4. The molecule has 1 atom stereocenters. The van der Waals surface area contributed by atoms with E-state index in [0.717, 1.165) is 19.5 Å². The van der Waals surface area contributed by atoms with Crippen LogP contribution in [0.2, 0.25) is 0 Å². The van der Waals surface area contributed by atoms with E-state index in [-0.39, 0.29) is 11.8 Å². The number of rotatable bonds is 6. The van der Waals surface area contributed by atoms with Gasteiger partial charge in [-0.1, -0.05) is 49.8 Å². The van der Waals surface area contributed by atoms with Crippen molar-refractivity contribution >= 4 is 11.8 Å². The van der Waals surface area contributed by atoms with E-state index < -0.39 is 0 Å². The average molecular weight is 324 g/mol. The highest BCUT2D eigenvalue weighted by atomic mass is 16.2. The third kappa shape index (κ3) is 3.06. The van der Waals surface area contributed by atoms with Crippen LogP contribution in [0.3, 0.4) is 0 Å². The average Bonchev–Trinajstić information content (AvgIpc) is 2.87. The summed E-state index contributed by atoms with van der Waals surface area (Å²) in [5.74, 6) is -0.339. The number of hydrogen-bond donors (Lipinski definition) is 0. The second kappa shape index (κ2) is 7.14. The molecule has 0 saturated carbocycles. The van der Waals surface area contributed by atoms with Crippen molar-refractivity contribution in [3.63, 3.8) is 0 Å². The molecule has 0 N–H and O–H groups in total. The van der Waals surface area contributed by atoms with Crippen LogP contribution < -0.4 is 0 Å². The standard InChI is InChI=1S/C20H24N2O2/c1-3-21(4-2)16-11-9-15(10-12-16)13-14-22-19(23)17-7-5-6-8-18(17)20(22)24/h5-11,16H,3-4,12-14H2,1-2H3. The van der Waals surface area contributed by atoms with Gasteiger partial charge in [0, 0.05) is 12.6 Å². The number of hydrogen-bond acceptors (Lipinski definition) is 3. The van der Waals surface area contributed by atoms with Gasteiger partial charge in [0.25, 0.3) is 11.8 Å². The molecule has 4 heteroatoms. The van der Waals surface area contributed by atoms with Gasteiger partial charge >= 0.3 is 0 Å². The molecule has 2 amide bonds. The Bertz CT molecular complexity index is 666. The molecule has 1 aromatic rings. The molecule has 0 aromatic heterocycles. The molecule has 1 aromatic carbocycles. The molecular weight excluding hydrogens is 300 g/mol. The third-order valence-electron chi connectivity index (χ3n) is 4.94. The van der Waals surface area contributed by atoms with Crippen LogP contribution in [0.1, 0.15) is 47.4 Å². The minimum atomic E-state index is -0.169. The van der Waals surface area contributed by atoms with Crippen LogP contribution in [0, 0.1) is 0 Å². The van der Waals surface area contributed by atoms with Gasteiger partial charge in [0.1, 0.15) is 0 Å². The van der Waals surface area contributed by atoms with E-state index in [2.05, 4.69) is 37.0 Å². The molecule has 1 unspecified atom stereocenters. The van der Waals surface area contributed by atoms with Crippen molar-refractivity contribution in [1.29, 1.82) is 0 Å². The van der Waals surface area contributed by atoms with Crippen LogP contribution >= 0.6 is 0 Å². The van der Waals surface area contributed by atoms with E-state index in [0.29, 0.717) is 30.1 Å². The Morgan fingerprint density at radius 3 is 2.21 bits per heavy atom. The number of allylic oxidation sites excluding steroid dienone is 1. The van der Waals surface area contributed by atoms with Crippen molar-refractivity contribution in [1.82, 2.24) is 9.80 Å². The molecule has 1 aliphatic carbocycles. The highest BCUT2D eigenvalue weighted by molar-refractivity contribution is 6.21. The van der Waals surface area contributed by atoms with Gasteiger partial charge in [0.05, 0.1) is 11.1 Å². The first-order valence-corrected chi connectivity index (χ1v) is 8.72. The number of nitrogens with zero attached hydrogens (tertiary/aromatic N) is 2. The molecule has 1 heterocycles. The second-order valence-electron chi connectivity index (χ2n) is 6.22. The van der Waals surface area contributed by atoms with Crippen molar-refractivity contribution in [2.75, 3.05) is 19.6 Å². The number of amides is 2. The summed E-state index contributed by atoms with van der Waals surface area (Å²) in [7, 11) is 0. The molecular formula is C20H24N2O2. The van der Waals surface area contributed by atoms with Crippen LogP contribution in [0.5, 0.6) is 0 Å². The Morgan fingerprint density at radius 2 is 1.71 bits per heavy atom. The highest BCUT2D eigenvalue weighted by Gasteiger charge is 2.34. The predicted molar refractivity (Wildman–Crippen MR) is 95.0 cm³/mol. The van der Waals surface area contributed by atoms with Gasteiger partial charge in [-0.3, -0.25) is 19.4 Å². The van der Waals surface area contributed by atoms with E-state index in [9.17, 15) is 9.59 Å². The Morgan fingerprint density at radius 1 is 1.08 bits per heavy atom. The second-order valence-corrected chi connectivity index (χ2v) is 6.22. The van der Waals surface area contributed by atoms with Gasteiger partial charge in [-0.25, -0.2) is 0 Å². The molecule has 24 heavy (non-hydrogen) atoms. The number of fused-ring (bicyclic) bond motifs is 1. The number of imide groups is 1. The molecule has 0 spiro atoms. The molecule has 0 bridgehead atoms. The first-order chi connectivity index (χ1) is 11.7. The Hall–Kier alpha value is -2.20. The van der Waals surface area contributed by atoms with E-state index in [1.165, 1.54) is 10.5 Å². The quantitative estimate of drug-likeness (QED) is 0.754. The SMILES string of the molecule is CCN(CC)C1C=CC(CCN2C(=O)c3ccccc3C2=O)=CC1. The van der Waals surface area contributed by atoms with Crippen LogP contribution in [0.15, 0.2) is 48.1 Å². The van der Waals surface area contributed by atoms with Crippen molar-refractivity contribution < 1.29 is 9.59 Å². The summed E-state index contributed by atoms with van der Waals surface area (Å²) in [6, 6.07) is 7.51. The lowest BCUT2D eigenvalue weighted by atomic mass is 9.99. The zero-order chi connectivity index (χ0) is 17.1. The van der Waals surface area contributed by atoms with E-state index in [1.807, 2.05) is 0 Å². The van der Waals surface area contributed by atoms with Crippen molar-refractivity contribution in [3.05, 3.63) is 59.2 Å². The topological polar surface area (TPSA) is 40.6 Å². The van der Waals surface area contributed by atoms with Crippen LogP contribution in [0.4, 0.5) is 0 Å². The molecule has 0 fully saturated rings. The zero-order valence-corrected chi connectivity index (χ0v) is 14.4. The van der Waals surface area contributed by atoms with Crippen LogP contribution in [0.25, 0.3) is 0 Å². The lowest BCUT2D eigenvalue weighted by Crippen LogP contribution is -2.34. The van der Waals surface area contributed by atoms with E-state index in [1.54, 1.807) is 24.3 Å². The summed E-state index contributed by atoms with van der Waals surface area (Å²) in [4.78, 5) is 28.5. The Labute approximate surface area is 143 Å². The molecule has 2 aliphatic rings. The normalized spacial score (nSPS) is 19.9. The van der Waals surface area contributed by atoms with Gasteiger partial charge in [0.2, 0.25) is 0 Å². The summed E-state index contributed by atoms with van der Waals surface area (Å²) in [6.45, 7) is 6.89. The summed E-state index contributed by atoms with van der Waals surface area (Å²) in [5.41, 5.74) is 2.25. The van der Waals surface area contributed by atoms with Gasteiger partial charge in [0.15, 0.2) is 0 Å². The van der Waals surface area contributed by atoms with Crippen LogP contribution in [-0.4, -0.2) is 47.3 Å². The highest BCUT2D eigenvalue weighted by Crippen LogP contribution is 2.24. The molecule has 126 valence electrons. The van der Waals surface area contributed by atoms with Crippen LogP contribution in [-0.2, 0) is 0 Å². The fraction of sp³-hybridized carbons (Fsp3) is 0.400. The Balaban J connectivity index is 1.59. The largest absolute Gasteiger partial charge is 0.297 e. The lowest BCUT2D eigenvalue weighted by molar-refractivity contribution is 0.0656. The molecule has 3 rings (SSSR count). The first-order valence-electron chi connectivity index (χ1n) is 8.72. The van der Waals surface area contributed by atoms with Gasteiger partial charge in [-0.2, -0.15) is 0 Å². The van der Waals surface area contributed by atoms with E-state index in [4.69, 9.17) is 0 Å². The molecule has 4 nitrogen and oxygen atoms in total. The van der Waals surface area contributed by atoms with Gasteiger partial charge < -0.3 is 0 Å². The first kappa shape index (κ1) is 16.7. The molecule has 0 radical (unpaired) electrons. The predicted octanol–water partition coefficient (Wildman–Crippen LogP) is 3.27. The number of likely N-dealkylation sites (N-methyl/N-ethyl adjacent to an activating group) is 1. The summed E-state index contributed by atoms with van der Waals surface area (Å²) >= 11 is 0. The maximum Gasteiger partial charge on any atom is 0.261 e. The van der Waals surface area contributed by atoms with Crippen molar-refractivity contribution in [2.24, 2.45) is 0 Å². The number of carbonyl (C=O) groups is 2. The number of benzene rings is 1. The lowest BCUT2D eigenvalue weighted by Gasteiger charge is -2.28. The summed E-state index contributed by atoms with van der Waals surface area (Å²) in [6.07, 6.45) is 8.33. The van der Waals surface area contributed by atoms with Crippen molar-refractivity contribution in [3.8, 4) is 0 Å².